The van der Waals surface area contributed by atoms with Crippen molar-refractivity contribution in [3.8, 4) is 5.69 Å². The number of aromatic nitrogens is 2. The molecular formula is C32H19ClN2. The van der Waals surface area contributed by atoms with E-state index in [1.807, 2.05) is 12.1 Å². The van der Waals surface area contributed by atoms with Gasteiger partial charge in [-0.2, -0.15) is 0 Å². The van der Waals surface area contributed by atoms with Gasteiger partial charge in [-0.3, -0.25) is 0 Å². The molecule has 0 saturated carbocycles. The van der Waals surface area contributed by atoms with Gasteiger partial charge in [-0.25, -0.2) is 0 Å². The zero-order valence-corrected chi connectivity index (χ0v) is 19.5. The van der Waals surface area contributed by atoms with E-state index in [2.05, 4.69) is 107 Å². The molecule has 0 aliphatic rings. The second-order valence-electron chi connectivity index (χ2n) is 9.21. The van der Waals surface area contributed by atoms with E-state index >= 15 is 0 Å². The molecule has 0 spiro atoms. The maximum absolute atomic E-state index is 6.56. The third-order valence-corrected chi connectivity index (χ3v) is 7.67. The highest BCUT2D eigenvalue weighted by molar-refractivity contribution is 6.38. The van der Waals surface area contributed by atoms with Gasteiger partial charge in [0, 0.05) is 38.3 Å². The van der Waals surface area contributed by atoms with E-state index in [1.165, 1.54) is 43.4 Å². The van der Waals surface area contributed by atoms with Gasteiger partial charge >= 0.3 is 0 Å². The molecule has 6 aromatic carbocycles. The Morgan fingerprint density at radius 1 is 0.514 bits per heavy atom. The Kier molecular flexibility index (Phi) is 3.75. The molecule has 0 fully saturated rings. The van der Waals surface area contributed by atoms with Crippen molar-refractivity contribution >= 4 is 76.8 Å². The van der Waals surface area contributed by atoms with Gasteiger partial charge in [0.15, 0.2) is 0 Å². The highest BCUT2D eigenvalue weighted by atomic mass is 35.5. The van der Waals surface area contributed by atoms with E-state index in [0.29, 0.717) is 0 Å². The van der Waals surface area contributed by atoms with Gasteiger partial charge in [-0.05, 0) is 57.9 Å². The maximum atomic E-state index is 6.56. The quantitative estimate of drug-likeness (QED) is 0.249. The number of hydrogen-bond acceptors (Lipinski definition) is 0. The number of aromatic amines is 1. The topological polar surface area (TPSA) is 20.7 Å². The van der Waals surface area contributed by atoms with Crippen LogP contribution in [0.1, 0.15) is 0 Å². The normalized spacial score (nSPS) is 12.1. The van der Waals surface area contributed by atoms with Crippen LogP contribution in [0, 0.1) is 0 Å². The van der Waals surface area contributed by atoms with Crippen LogP contribution in [-0.4, -0.2) is 9.55 Å². The summed E-state index contributed by atoms with van der Waals surface area (Å²) in [4.78, 5) is 3.58. The van der Waals surface area contributed by atoms with E-state index in [1.54, 1.807) is 0 Å². The molecule has 164 valence electrons. The average Bonchev–Trinajstić information content (AvgIpc) is 3.45. The molecule has 0 radical (unpaired) electrons. The molecule has 2 aromatic heterocycles. The molecule has 8 aromatic rings. The van der Waals surface area contributed by atoms with Crippen LogP contribution in [0.2, 0.25) is 5.02 Å². The van der Waals surface area contributed by atoms with Crippen molar-refractivity contribution in [1.29, 1.82) is 0 Å². The molecule has 0 unspecified atom stereocenters. The van der Waals surface area contributed by atoms with Crippen molar-refractivity contribution < 1.29 is 0 Å². The van der Waals surface area contributed by atoms with Gasteiger partial charge in [0.05, 0.1) is 16.1 Å². The monoisotopic (exact) mass is 466 g/mol. The number of nitrogens with one attached hydrogen (secondary N) is 1. The van der Waals surface area contributed by atoms with E-state index in [0.717, 1.165) is 32.5 Å². The Balaban J connectivity index is 1.56. The Labute approximate surface area is 206 Å². The van der Waals surface area contributed by atoms with Crippen LogP contribution in [0.5, 0.6) is 0 Å². The lowest BCUT2D eigenvalue weighted by Crippen LogP contribution is -1.93. The summed E-state index contributed by atoms with van der Waals surface area (Å²) in [6.07, 6.45) is 0. The first-order valence-electron chi connectivity index (χ1n) is 11.8. The van der Waals surface area contributed by atoms with Gasteiger partial charge in [-0.15, -0.1) is 0 Å². The van der Waals surface area contributed by atoms with Gasteiger partial charge in [0.25, 0.3) is 0 Å². The number of benzene rings is 6. The first-order chi connectivity index (χ1) is 17.3. The number of nitrogens with zero attached hydrogens (tertiary/aromatic N) is 1. The summed E-state index contributed by atoms with van der Waals surface area (Å²) in [6.45, 7) is 0. The Morgan fingerprint density at radius 2 is 1.17 bits per heavy atom. The van der Waals surface area contributed by atoms with Gasteiger partial charge in [0.1, 0.15) is 0 Å². The zero-order chi connectivity index (χ0) is 23.1. The highest BCUT2D eigenvalue weighted by Gasteiger charge is 2.18. The number of rotatable bonds is 1. The number of H-pyrrole nitrogens is 1. The maximum Gasteiger partial charge on any atom is 0.0547 e. The molecule has 0 aliphatic carbocycles. The Bertz CT molecular complexity index is 2030. The average molecular weight is 467 g/mol. The second-order valence-corrected chi connectivity index (χ2v) is 9.62. The van der Waals surface area contributed by atoms with Crippen LogP contribution in [0.15, 0.2) is 109 Å². The number of halogens is 1. The molecule has 8 rings (SSSR count). The molecule has 0 amide bonds. The zero-order valence-electron chi connectivity index (χ0n) is 18.7. The second kappa shape index (κ2) is 6.88. The molecule has 3 heteroatoms. The molecule has 2 heterocycles. The molecule has 0 atom stereocenters. The van der Waals surface area contributed by atoms with Crippen molar-refractivity contribution in [2.24, 2.45) is 0 Å². The minimum absolute atomic E-state index is 0.774. The van der Waals surface area contributed by atoms with Gasteiger partial charge in [-0.1, -0.05) is 84.4 Å². The summed E-state index contributed by atoms with van der Waals surface area (Å²) in [5.74, 6) is 0. The van der Waals surface area contributed by atoms with E-state index in [-0.39, 0.29) is 0 Å². The highest BCUT2D eigenvalue weighted by Crippen LogP contribution is 2.41. The minimum Gasteiger partial charge on any atom is -0.354 e. The summed E-state index contributed by atoms with van der Waals surface area (Å²) in [5, 5.41) is 10.7. The van der Waals surface area contributed by atoms with Crippen LogP contribution in [0.4, 0.5) is 0 Å². The van der Waals surface area contributed by atoms with E-state index in [4.69, 9.17) is 11.6 Å². The molecule has 1 N–H and O–H groups in total. The van der Waals surface area contributed by atoms with Gasteiger partial charge < -0.3 is 9.55 Å². The van der Waals surface area contributed by atoms with Gasteiger partial charge in [0.2, 0.25) is 0 Å². The largest absolute Gasteiger partial charge is 0.354 e. The summed E-state index contributed by atoms with van der Waals surface area (Å²) >= 11 is 6.56. The fraction of sp³-hybridized carbons (Fsp3) is 0. The third-order valence-electron chi connectivity index (χ3n) is 7.36. The smallest absolute Gasteiger partial charge is 0.0547 e. The molecule has 35 heavy (non-hydrogen) atoms. The fourth-order valence-electron chi connectivity index (χ4n) is 5.87. The van der Waals surface area contributed by atoms with Crippen LogP contribution >= 0.6 is 11.6 Å². The molecular weight excluding hydrogens is 448 g/mol. The van der Waals surface area contributed by atoms with Crippen LogP contribution in [-0.2, 0) is 0 Å². The van der Waals surface area contributed by atoms with E-state index in [9.17, 15) is 0 Å². The summed E-state index contributed by atoms with van der Waals surface area (Å²) in [7, 11) is 0. The molecule has 0 saturated heterocycles. The SMILES string of the molecule is Clc1cccc2[nH]c3cc(-n4c5ccc6ccccc6c5c5c6ccccc6ccc54)ccc3c12. The lowest BCUT2D eigenvalue weighted by molar-refractivity contribution is 1.19. The summed E-state index contributed by atoms with van der Waals surface area (Å²) in [5.41, 5.74) is 5.70. The Hall–Kier alpha value is -4.27. The van der Waals surface area contributed by atoms with Crippen molar-refractivity contribution in [1.82, 2.24) is 9.55 Å². The minimum atomic E-state index is 0.774. The van der Waals surface area contributed by atoms with Crippen molar-refractivity contribution in [2.45, 2.75) is 0 Å². The van der Waals surface area contributed by atoms with Crippen molar-refractivity contribution in [3.63, 3.8) is 0 Å². The van der Waals surface area contributed by atoms with Crippen LogP contribution in [0.25, 0.3) is 70.8 Å². The third kappa shape index (κ3) is 2.55. The number of hydrogen-bond donors (Lipinski definition) is 1. The first-order valence-corrected chi connectivity index (χ1v) is 12.2. The summed E-state index contributed by atoms with van der Waals surface area (Å²) in [6, 6.07) is 39.0. The summed E-state index contributed by atoms with van der Waals surface area (Å²) < 4.78 is 2.40. The first kappa shape index (κ1) is 19.1. The fourth-order valence-corrected chi connectivity index (χ4v) is 6.14. The standard InChI is InChI=1S/C32H19ClN2/c33-25-10-5-11-26-30(25)24-15-14-21(18-27(24)34-26)35-28-16-12-19-6-1-3-8-22(19)31(28)32-23-9-4-2-7-20(23)13-17-29(32)35/h1-18,34H. The Morgan fingerprint density at radius 3 is 1.86 bits per heavy atom. The lowest BCUT2D eigenvalue weighted by Gasteiger charge is -2.09. The van der Waals surface area contributed by atoms with E-state index < -0.39 is 0 Å². The van der Waals surface area contributed by atoms with Crippen LogP contribution in [0.3, 0.4) is 0 Å². The molecule has 0 aliphatic heterocycles. The molecule has 0 bridgehead atoms. The number of fused-ring (bicyclic) bond motifs is 10. The van der Waals surface area contributed by atoms with Crippen molar-refractivity contribution in [2.75, 3.05) is 0 Å². The predicted molar refractivity (Wildman–Crippen MR) is 150 cm³/mol. The van der Waals surface area contributed by atoms with Crippen molar-refractivity contribution in [3.05, 3.63) is 114 Å². The lowest BCUT2D eigenvalue weighted by atomic mass is 10.00. The van der Waals surface area contributed by atoms with Crippen LogP contribution < -0.4 is 0 Å². The molecule has 2 nitrogen and oxygen atoms in total. The predicted octanol–water partition coefficient (Wildman–Crippen LogP) is 9.38.